The van der Waals surface area contributed by atoms with Crippen molar-refractivity contribution in [3.63, 3.8) is 0 Å². The van der Waals surface area contributed by atoms with Gasteiger partial charge in [-0.2, -0.15) is 11.8 Å². The van der Waals surface area contributed by atoms with Crippen LogP contribution in [0.3, 0.4) is 0 Å². The summed E-state index contributed by atoms with van der Waals surface area (Å²) in [5.74, 6) is 0. The summed E-state index contributed by atoms with van der Waals surface area (Å²) in [5, 5.41) is 7.23. The Morgan fingerprint density at radius 3 is 2.75 bits per heavy atom. The van der Waals surface area contributed by atoms with Crippen molar-refractivity contribution < 1.29 is 0 Å². The van der Waals surface area contributed by atoms with E-state index in [-0.39, 0.29) is 0 Å². The fourth-order valence-electron chi connectivity index (χ4n) is 0.224. The molecule has 0 aliphatic heterocycles. The summed E-state index contributed by atoms with van der Waals surface area (Å²) in [6.07, 6.45) is 1.97. The monoisotopic (exact) mass is 400 g/mol. The smallest absolute Gasteiger partial charge is 0.0183 e. The minimum atomic E-state index is 0. The second kappa shape index (κ2) is 2.98. The molecule has 0 amide bonds. The quantitative estimate of drug-likeness (QED) is 0.521. The summed E-state index contributed by atoms with van der Waals surface area (Å²) < 4.78 is 0.972. The SMILES string of the molecule is CSc1nn[c-]s1.[Hs]. The van der Waals surface area contributed by atoms with Crippen LogP contribution in [0.25, 0.3) is 0 Å². The molecular formula is C3H3HsN2S2-. The minimum Gasteiger partial charge on any atom is -0.305 e. The number of aromatic nitrogens is 2. The molecule has 1 aromatic heterocycles. The molecule has 2 nitrogen and oxygen atoms in total. The first-order valence-corrected chi connectivity index (χ1v) is 3.71. The van der Waals surface area contributed by atoms with Gasteiger partial charge in [0.1, 0.15) is 0 Å². The molecule has 0 saturated heterocycles. The van der Waals surface area contributed by atoms with Crippen LogP contribution in [0.2, 0.25) is 0 Å². The number of thioether (sulfide) groups is 1. The second-order valence-corrected chi connectivity index (χ2v) is 2.69. The third-order valence-electron chi connectivity index (χ3n) is 0.480. The van der Waals surface area contributed by atoms with E-state index >= 15 is 0 Å². The zero-order valence-electron chi connectivity index (χ0n) is 4.42. The summed E-state index contributed by atoms with van der Waals surface area (Å²) in [6.45, 7) is 0. The summed E-state index contributed by atoms with van der Waals surface area (Å²) >= 11 is 3.03. The summed E-state index contributed by atoms with van der Waals surface area (Å²) in [4.78, 5) is 0. The maximum Gasteiger partial charge on any atom is 0.0183 e. The fourth-order valence-corrected chi connectivity index (χ4v) is 1.03. The Bertz CT molecular complexity index is 130. The van der Waals surface area contributed by atoms with Crippen molar-refractivity contribution in [2.45, 2.75) is 4.34 Å². The summed E-state index contributed by atoms with van der Waals surface area (Å²) in [6, 6.07) is 0. The van der Waals surface area contributed by atoms with E-state index in [4.69, 9.17) is 0 Å². The molecule has 0 atom stereocenters. The summed E-state index contributed by atoms with van der Waals surface area (Å²) in [5.41, 5.74) is 2.64. The molecular weight excluding hydrogens is 397 g/mol. The Morgan fingerprint density at radius 1 is 1.75 bits per heavy atom. The molecule has 5 heteroatoms. The molecule has 0 aromatic carbocycles. The van der Waals surface area contributed by atoms with E-state index in [1.807, 2.05) is 6.26 Å². The molecule has 0 aliphatic carbocycles. The molecule has 8 heavy (non-hydrogen) atoms. The van der Waals surface area contributed by atoms with E-state index in [9.17, 15) is 0 Å². The third kappa shape index (κ3) is 1.20. The average Bonchev–Trinajstić information content (AvgIpc) is 2.14. The van der Waals surface area contributed by atoms with Crippen molar-refractivity contribution in [2.24, 2.45) is 0 Å². The van der Waals surface area contributed by atoms with Gasteiger partial charge in [0.15, 0.2) is 0 Å². The van der Waals surface area contributed by atoms with Gasteiger partial charge in [-0.3, -0.25) is 10.2 Å². The Morgan fingerprint density at radius 2 is 2.50 bits per heavy atom. The van der Waals surface area contributed by atoms with Crippen LogP contribution in [-0.2, 0) is 0 Å². The van der Waals surface area contributed by atoms with Crippen LogP contribution in [0.4, 0.5) is 0 Å². The molecule has 0 fully saturated rings. The number of hydrogen-bond acceptors (Lipinski definition) is 4. The van der Waals surface area contributed by atoms with Crippen LogP contribution >= 0.6 is 23.1 Å². The van der Waals surface area contributed by atoms with Gasteiger partial charge in [-0.25, -0.2) is 0 Å². The number of nitrogens with zero attached hydrogens (tertiary/aromatic N) is 2. The third-order valence-corrected chi connectivity index (χ3v) is 2.09. The minimum absolute atomic E-state index is 0. The van der Waals surface area contributed by atoms with Gasteiger partial charge in [0.25, 0.3) is 0 Å². The molecule has 0 N–H and O–H groups in total. The van der Waals surface area contributed by atoms with Gasteiger partial charge in [-0.1, -0.05) is 5.51 Å². The van der Waals surface area contributed by atoms with Gasteiger partial charge >= 0.3 is 0 Å². The van der Waals surface area contributed by atoms with Gasteiger partial charge in [-0.15, -0.1) is 0 Å². The van der Waals surface area contributed by atoms with Crippen LogP contribution in [0.1, 0.15) is 0 Å². The zero-order valence-corrected chi connectivity index (χ0v) is 12.6. The van der Waals surface area contributed by atoms with Crippen molar-refractivity contribution in [1.29, 1.82) is 0 Å². The number of rotatable bonds is 1. The molecule has 40 valence electrons. The molecule has 1 aromatic rings. The topological polar surface area (TPSA) is 25.8 Å². The first-order valence-electron chi connectivity index (χ1n) is 1.67. The first kappa shape index (κ1) is 6.91. The molecule has 0 spiro atoms. The molecule has 0 saturated carbocycles. The van der Waals surface area contributed by atoms with Crippen LogP contribution in [0, 0.1) is 5.51 Å². The summed E-state index contributed by atoms with van der Waals surface area (Å²) in [7, 11) is 0. The average molecular weight is 400 g/mol. The van der Waals surface area contributed by atoms with Gasteiger partial charge < -0.3 is 11.3 Å². The molecule has 0 unspecified atom stereocenters. The van der Waals surface area contributed by atoms with Crippen molar-refractivity contribution in [2.75, 3.05) is 6.26 Å². The maximum absolute atomic E-state index is 3.71. The van der Waals surface area contributed by atoms with Crippen LogP contribution in [0.5, 0.6) is 0 Å². The first-order chi connectivity index (χ1) is 3.43. The van der Waals surface area contributed by atoms with Gasteiger partial charge in [-0.05, 0) is 6.26 Å². The van der Waals surface area contributed by atoms with Crippen LogP contribution in [0.15, 0.2) is 4.34 Å². The van der Waals surface area contributed by atoms with Crippen molar-refractivity contribution in [3.05, 3.63) is 5.51 Å². The normalized spacial score (nSPS) is 8.12. The Labute approximate surface area is 50.0 Å². The van der Waals surface area contributed by atoms with Gasteiger partial charge in [0.05, 0.1) is 0 Å². The van der Waals surface area contributed by atoms with E-state index in [0.29, 0.717) is 0 Å². The molecule has 0 radical (unpaired) electrons. The van der Waals surface area contributed by atoms with Crippen LogP contribution in [-0.4, -0.2) is 16.5 Å². The Kier molecular flexibility index (Phi) is 2.58. The van der Waals surface area contributed by atoms with Crippen molar-refractivity contribution >= 4 is 23.1 Å². The van der Waals surface area contributed by atoms with Gasteiger partial charge in [0.2, 0.25) is 0 Å². The van der Waals surface area contributed by atoms with E-state index in [2.05, 4.69) is 15.7 Å². The Hall–Kier alpha value is -1.09. The van der Waals surface area contributed by atoms with Crippen LogP contribution < -0.4 is 0 Å². The van der Waals surface area contributed by atoms with E-state index in [1.54, 1.807) is 11.8 Å². The standard InChI is InChI=1S/C3H3N2S2.Hs/c1-6-3-5-4-2-7-3;/h1H3;/q-1;. The Balaban J connectivity index is 0.000000490. The number of hydrogen-bond donors (Lipinski definition) is 0. The molecule has 1 rings (SSSR count). The van der Waals surface area contributed by atoms with E-state index < -0.39 is 0 Å². The van der Waals surface area contributed by atoms with Crippen molar-refractivity contribution in [3.8, 4) is 0 Å². The maximum atomic E-state index is 3.71. The predicted molar refractivity (Wildman–Crippen MR) is 30.5 cm³/mol. The largest absolute Gasteiger partial charge is 0.305 e. The van der Waals surface area contributed by atoms with Crippen molar-refractivity contribution in [1.82, 2.24) is 10.2 Å². The fraction of sp³-hybridized carbons (Fsp3) is 0.333. The zero-order chi connectivity index (χ0) is 5.11. The molecule has 0 aliphatic rings. The molecule has 0 bridgehead atoms. The van der Waals surface area contributed by atoms with E-state index in [0.717, 1.165) is 4.34 Å². The second-order valence-electron chi connectivity index (χ2n) is 0.863. The van der Waals surface area contributed by atoms with Gasteiger partial charge in [0, 0.05) is 4.34 Å². The predicted octanol–water partition coefficient (Wildman–Crippen LogP) is 1.06. The molecule has 1 heterocycles. The van der Waals surface area contributed by atoms with E-state index in [1.165, 1.54) is 11.3 Å².